The standard InChI is InChI=1S/C9H10O3/c1-2-3-4-5-6-8(11)9(12)7-10/h1,5-6,8-12H,7H2/b6-5+. The maximum Gasteiger partial charge on any atom is 0.106 e. The maximum atomic E-state index is 9.00. The zero-order valence-corrected chi connectivity index (χ0v) is 6.44. The van der Waals surface area contributed by atoms with E-state index in [1.54, 1.807) is 0 Å². The van der Waals surface area contributed by atoms with Gasteiger partial charge < -0.3 is 15.3 Å². The van der Waals surface area contributed by atoms with Crippen LogP contribution in [0.25, 0.3) is 0 Å². The first-order chi connectivity index (χ1) is 5.72. The molecule has 0 bridgehead atoms. The lowest BCUT2D eigenvalue weighted by Gasteiger charge is -2.09. The second-order valence-electron chi connectivity index (χ2n) is 2.01. The summed E-state index contributed by atoms with van der Waals surface area (Å²) in [5.41, 5.74) is 0. The molecule has 0 radical (unpaired) electrons. The van der Waals surface area contributed by atoms with Crippen LogP contribution in [-0.4, -0.2) is 34.1 Å². The fourth-order valence-electron chi connectivity index (χ4n) is 0.466. The average molecular weight is 166 g/mol. The Kier molecular flexibility index (Phi) is 5.77. The zero-order valence-electron chi connectivity index (χ0n) is 6.44. The third-order valence-corrected chi connectivity index (χ3v) is 1.10. The minimum absolute atomic E-state index is 0.492. The summed E-state index contributed by atoms with van der Waals surface area (Å²) >= 11 is 0. The van der Waals surface area contributed by atoms with E-state index in [0.29, 0.717) is 0 Å². The van der Waals surface area contributed by atoms with Crippen molar-refractivity contribution in [1.82, 2.24) is 0 Å². The van der Waals surface area contributed by atoms with Crippen molar-refractivity contribution < 1.29 is 15.3 Å². The number of rotatable bonds is 3. The van der Waals surface area contributed by atoms with Gasteiger partial charge in [-0.25, -0.2) is 0 Å². The van der Waals surface area contributed by atoms with Gasteiger partial charge in [-0.05, 0) is 24.0 Å². The molecule has 0 fully saturated rings. The smallest absolute Gasteiger partial charge is 0.106 e. The van der Waals surface area contributed by atoms with Gasteiger partial charge in [0.1, 0.15) is 12.2 Å². The number of hydrogen-bond acceptors (Lipinski definition) is 3. The Balaban J connectivity index is 3.92. The van der Waals surface area contributed by atoms with E-state index in [4.69, 9.17) is 21.7 Å². The van der Waals surface area contributed by atoms with Crippen LogP contribution in [0.4, 0.5) is 0 Å². The van der Waals surface area contributed by atoms with Gasteiger partial charge in [-0.1, -0.05) is 5.92 Å². The van der Waals surface area contributed by atoms with E-state index in [1.807, 2.05) is 0 Å². The fourth-order valence-corrected chi connectivity index (χ4v) is 0.466. The predicted molar refractivity (Wildman–Crippen MR) is 44.8 cm³/mol. The average Bonchev–Trinajstić information content (AvgIpc) is 2.10. The van der Waals surface area contributed by atoms with E-state index in [1.165, 1.54) is 12.2 Å². The number of terminal acetylenes is 1. The lowest BCUT2D eigenvalue weighted by molar-refractivity contribution is 0.00951. The number of aliphatic hydroxyl groups is 3. The number of aliphatic hydroxyl groups excluding tert-OH is 3. The quantitative estimate of drug-likeness (QED) is 0.466. The molecule has 0 aromatic rings. The van der Waals surface area contributed by atoms with E-state index < -0.39 is 18.8 Å². The highest BCUT2D eigenvalue weighted by atomic mass is 16.4. The molecule has 0 aromatic carbocycles. The van der Waals surface area contributed by atoms with Crippen LogP contribution in [0, 0.1) is 24.2 Å². The molecule has 3 nitrogen and oxygen atoms in total. The minimum atomic E-state index is -1.17. The lowest BCUT2D eigenvalue weighted by Crippen LogP contribution is -2.27. The van der Waals surface area contributed by atoms with Crippen LogP contribution in [0.1, 0.15) is 0 Å². The predicted octanol–water partition coefficient (Wildman–Crippen LogP) is -1.11. The van der Waals surface area contributed by atoms with E-state index in [2.05, 4.69) is 17.8 Å². The van der Waals surface area contributed by atoms with Gasteiger partial charge in [0.2, 0.25) is 0 Å². The highest BCUT2D eigenvalue weighted by Gasteiger charge is 2.10. The Bertz CT molecular complexity index is 239. The summed E-state index contributed by atoms with van der Waals surface area (Å²) in [6.45, 7) is -0.492. The molecule has 0 aliphatic carbocycles. The summed E-state index contributed by atoms with van der Waals surface area (Å²) in [7, 11) is 0. The molecule has 64 valence electrons. The van der Waals surface area contributed by atoms with Crippen molar-refractivity contribution in [2.45, 2.75) is 12.2 Å². The van der Waals surface area contributed by atoms with Crippen molar-refractivity contribution in [2.24, 2.45) is 0 Å². The van der Waals surface area contributed by atoms with Gasteiger partial charge >= 0.3 is 0 Å². The first-order valence-electron chi connectivity index (χ1n) is 3.32. The van der Waals surface area contributed by atoms with Gasteiger partial charge in [-0.2, -0.15) is 0 Å². The van der Waals surface area contributed by atoms with E-state index in [-0.39, 0.29) is 0 Å². The van der Waals surface area contributed by atoms with Gasteiger partial charge in [0.25, 0.3) is 0 Å². The van der Waals surface area contributed by atoms with Crippen LogP contribution in [0.15, 0.2) is 12.2 Å². The van der Waals surface area contributed by atoms with Crippen molar-refractivity contribution in [3.05, 3.63) is 12.2 Å². The van der Waals surface area contributed by atoms with E-state index >= 15 is 0 Å². The molecular formula is C9H10O3. The van der Waals surface area contributed by atoms with Crippen LogP contribution < -0.4 is 0 Å². The lowest BCUT2D eigenvalue weighted by atomic mass is 10.2. The van der Waals surface area contributed by atoms with Crippen LogP contribution in [0.3, 0.4) is 0 Å². The van der Waals surface area contributed by atoms with Gasteiger partial charge in [0.15, 0.2) is 0 Å². The van der Waals surface area contributed by atoms with Gasteiger partial charge in [0, 0.05) is 0 Å². The second kappa shape index (κ2) is 6.45. The molecular weight excluding hydrogens is 156 g/mol. The summed E-state index contributed by atoms with van der Waals surface area (Å²) < 4.78 is 0. The van der Waals surface area contributed by atoms with Crippen molar-refractivity contribution in [3.63, 3.8) is 0 Å². The van der Waals surface area contributed by atoms with Crippen LogP contribution >= 0.6 is 0 Å². The normalized spacial score (nSPS) is 14.5. The maximum absolute atomic E-state index is 9.00. The first kappa shape index (κ1) is 10.7. The van der Waals surface area contributed by atoms with Crippen molar-refractivity contribution in [3.8, 4) is 24.2 Å². The van der Waals surface area contributed by atoms with E-state index in [0.717, 1.165) is 0 Å². The van der Waals surface area contributed by atoms with Crippen LogP contribution in [-0.2, 0) is 0 Å². The molecule has 0 aliphatic rings. The molecule has 2 unspecified atom stereocenters. The van der Waals surface area contributed by atoms with Gasteiger partial charge in [0.05, 0.1) is 6.61 Å². The molecule has 0 aliphatic heterocycles. The molecule has 0 heterocycles. The monoisotopic (exact) mass is 166 g/mol. The molecule has 0 spiro atoms. The Labute approximate surface area is 71.4 Å². The molecule has 0 aromatic heterocycles. The number of hydrogen-bond donors (Lipinski definition) is 3. The van der Waals surface area contributed by atoms with E-state index in [9.17, 15) is 0 Å². The fraction of sp³-hybridized carbons (Fsp3) is 0.333. The van der Waals surface area contributed by atoms with Crippen molar-refractivity contribution in [2.75, 3.05) is 6.61 Å². The van der Waals surface area contributed by atoms with Crippen molar-refractivity contribution in [1.29, 1.82) is 0 Å². The highest BCUT2D eigenvalue weighted by Crippen LogP contribution is 1.93. The summed E-state index contributed by atoms with van der Waals surface area (Å²) in [6, 6.07) is 0. The van der Waals surface area contributed by atoms with Crippen molar-refractivity contribution >= 4 is 0 Å². The zero-order chi connectivity index (χ0) is 9.40. The Morgan fingerprint density at radius 3 is 2.58 bits per heavy atom. The topological polar surface area (TPSA) is 60.7 Å². The van der Waals surface area contributed by atoms with Gasteiger partial charge in [-0.15, -0.1) is 6.42 Å². The molecule has 3 heteroatoms. The minimum Gasteiger partial charge on any atom is -0.394 e. The third-order valence-electron chi connectivity index (χ3n) is 1.10. The summed E-state index contributed by atoms with van der Waals surface area (Å²) in [5, 5.41) is 26.2. The number of allylic oxidation sites excluding steroid dienone is 1. The summed E-state index contributed by atoms with van der Waals surface area (Å²) in [6.07, 6.45) is 5.12. The molecule has 0 rings (SSSR count). The molecule has 0 saturated carbocycles. The Hall–Kier alpha value is -1.26. The second-order valence-corrected chi connectivity index (χ2v) is 2.01. The molecule has 0 saturated heterocycles. The molecule has 0 amide bonds. The SMILES string of the molecule is C#CC#C/C=C/C(O)C(O)CO. The molecule has 3 N–H and O–H groups in total. The Morgan fingerprint density at radius 2 is 2.08 bits per heavy atom. The summed E-state index contributed by atoms with van der Waals surface area (Å²) in [4.78, 5) is 0. The molecule has 2 atom stereocenters. The van der Waals surface area contributed by atoms with Gasteiger partial charge in [-0.3, -0.25) is 0 Å². The van der Waals surface area contributed by atoms with Crippen LogP contribution in [0.2, 0.25) is 0 Å². The largest absolute Gasteiger partial charge is 0.394 e. The van der Waals surface area contributed by atoms with Crippen LogP contribution in [0.5, 0.6) is 0 Å². The summed E-state index contributed by atoms with van der Waals surface area (Å²) in [5.74, 6) is 6.80. The Morgan fingerprint density at radius 1 is 1.42 bits per heavy atom. The highest BCUT2D eigenvalue weighted by molar-refractivity contribution is 5.28. The molecule has 12 heavy (non-hydrogen) atoms. The first-order valence-corrected chi connectivity index (χ1v) is 3.32. The third kappa shape index (κ3) is 4.54.